The third kappa shape index (κ3) is 3.10. The van der Waals surface area contributed by atoms with E-state index in [1.807, 2.05) is 39.0 Å². The molecule has 1 N–H and O–H groups in total. The summed E-state index contributed by atoms with van der Waals surface area (Å²) in [5, 5.41) is 3.13. The van der Waals surface area contributed by atoms with Crippen molar-refractivity contribution in [1.82, 2.24) is 5.32 Å². The van der Waals surface area contributed by atoms with E-state index in [1.165, 1.54) is 6.07 Å². The van der Waals surface area contributed by atoms with Crippen LogP contribution < -0.4 is 5.32 Å². The average molecular weight is 293 g/mol. The first-order valence-corrected chi connectivity index (χ1v) is 6.89. The summed E-state index contributed by atoms with van der Waals surface area (Å²) in [6.45, 7) is 6.35. The number of hydrogen-bond acceptors (Lipinski definition) is 1. The molecule has 0 aromatic heterocycles. The highest BCUT2D eigenvalue weighted by atomic mass is 19.2. The molecule has 0 radical (unpaired) electrons. The third-order valence-electron chi connectivity index (χ3n) is 3.52. The molecular formula is C17H18F3N. The molecule has 0 amide bonds. The molecule has 112 valence electrons. The molecule has 0 aliphatic carbocycles. The lowest BCUT2D eigenvalue weighted by atomic mass is 9.93. The summed E-state index contributed by atoms with van der Waals surface area (Å²) >= 11 is 0. The number of nitrogens with one attached hydrogen (secondary N) is 1. The predicted molar refractivity (Wildman–Crippen MR) is 77.8 cm³/mol. The minimum Gasteiger partial charge on any atom is -0.306 e. The number of aryl methyl sites for hydroxylation is 2. The first-order chi connectivity index (χ1) is 9.95. The van der Waals surface area contributed by atoms with Gasteiger partial charge in [0.05, 0.1) is 6.04 Å². The van der Waals surface area contributed by atoms with Gasteiger partial charge in [0.25, 0.3) is 0 Å². The van der Waals surface area contributed by atoms with Gasteiger partial charge >= 0.3 is 0 Å². The largest absolute Gasteiger partial charge is 0.306 e. The van der Waals surface area contributed by atoms with Crippen molar-refractivity contribution in [2.45, 2.75) is 26.8 Å². The van der Waals surface area contributed by atoms with E-state index in [2.05, 4.69) is 5.32 Å². The highest BCUT2D eigenvalue weighted by Gasteiger charge is 2.22. The van der Waals surface area contributed by atoms with Gasteiger partial charge in [0.1, 0.15) is 0 Å². The SMILES string of the molecule is CCNC(c1ccc(C)cc1C)c1ccc(F)c(F)c1F. The van der Waals surface area contributed by atoms with E-state index >= 15 is 0 Å². The molecular weight excluding hydrogens is 275 g/mol. The Morgan fingerprint density at radius 3 is 2.24 bits per heavy atom. The van der Waals surface area contributed by atoms with Gasteiger partial charge in [0.2, 0.25) is 0 Å². The molecule has 1 nitrogen and oxygen atoms in total. The minimum atomic E-state index is -1.43. The molecule has 21 heavy (non-hydrogen) atoms. The Labute approximate surface area is 122 Å². The topological polar surface area (TPSA) is 12.0 Å². The van der Waals surface area contributed by atoms with E-state index in [0.717, 1.165) is 22.8 Å². The maximum atomic E-state index is 14.1. The zero-order valence-corrected chi connectivity index (χ0v) is 12.3. The van der Waals surface area contributed by atoms with Gasteiger partial charge in [-0.05, 0) is 37.6 Å². The highest BCUT2D eigenvalue weighted by Crippen LogP contribution is 2.29. The average Bonchev–Trinajstić information content (AvgIpc) is 2.44. The fraction of sp³-hybridized carbons (Fsp3) is 0.294. The molecule has 0 saturated carbocycles. The van der Waals surface area contributed by atoms with Crippen LogP contribution in [0.5, 0.6) is 0 Å². The van der Waals surface area contributed by atoms with Gasteiger partial charge in [-0.3, -0.25) is 0 Å². The van der Waals surface area contributed by atoms with Crippen LogP contribution in [-0.2, 0) is 0 Å². The third-order valence-corrected chi connectivity index (χ3v) is 3.52. The lowest BCUT2D eigenvalue weighted by Gasteiger charge is -2.22. The molecule has 2 aromatic carbocycles. The first kappa shape index (κ1) is 15.6. The van der Waals surface area contributed by atoms with Crippen LogP contribution in [0, 0.1) is 31.3 Å². The van der Waals surface area contributed by atoms with Crippen LogP contribution in [0.2, 0.25) is 0 Å². The van der Waals surface area contributed by atoms with Crippen LogP contribution in [0.15, 0.2) is 30.3 Å². The summed E-state index contributed by atoms with van der Waals surface area (Å²) in [7, 11) is 0. The Morgan fingerprint density at radius 1 is 0.952 bits per heavy atom. The Balaban J connectivity index is 2.56. The fourth-order valence-corrected chi connectivity index (χ4v) is 2.50. The molecule has 0 spiro atoms. The summed E-state index contributed by atoms with van der Waals surface area (Å²) in [5.41, 5.74) is 3.04. The van der Waals surface area contributed by atoms with Crippen LogP contribution in [0.25, 0.3) is 0 Å². The smallest absolute Gasteiger partial charge is 0.194 e. The lowest BCUT2D eigenvalue weighted by Crippen LogP contribution is -2.24. The Hall–Kier alpha value is -1.81. The Bertz CT molecular complexity index is 653. The van der Waals surface area contributed by atoms with Crippen LogP contribution in [-0.4, -0.2) is 6.54 Å². The quantitative estimate of drug-likeness (QED) is 0.823. The highest BCUT2D eigenvalue weighted by molar-refractivity contribution is 5.39. The lowest BCUT2D eigenvalue weighted by molar-refractivity contribution is 0.433. The molecule has 0 aliphatic rings. The zero-order valence-electron chi connectivity index (χ0n) is 12.3. The van der Waals surface area contributed by atoms with Crippen molar-refractivity contribution in [2.75, 3.05) is 6.54 Å². The van der Waals surface area contributed by atoms with Crippen LogP contribution >= 0.6 is 0 Å². The second-order valence-electron chi connectivity index (χ2n) is 5.12. The molecule has 0 saturated heterocycles. The Morgan fingerprint density at radius 2 is 1.62 bits per heavy atom. The minimum absolute atomic E-state index is 0.114. The van der Waals surface area contributed by atoms with Gasteiger partial charge < -0.3 is 5.32 Å². The second kappa shape index (κ2) is 6.31. The Kier molecular flexibility index (Phi) is 4.68. The van der Waals surface area contributed by atoms with E-state index < -0.39 is 23.5 Å². The van der Waals surface area contributed by atoms with Crippen molar-refractivity contribution in [3.8, 4) is 0 Å². The summed E-state index contributed by atoms with van der Waals surface area (Å²) in [4.78, 5) is 0. The van der Waals surface area contributed by atoms with E-state index in [-0.39, 0.29) is 5.56 Å². The summed E-state index contributed by atoms with van der Waals surface area (Å²) in [5.74, 6) is -3.74. The number of rotatable bonds is 4. The maximum absolute atomic E-state index is 14.1. The van der Waals surface area contributed by atoms with Crippen LogP contribution in [0.4, 0.5) is 13.2 Å². The van der Waals surface area contributed by atoms with Gasteiger partial charge in [-0.2, -0.15) is 0 Å². The van der Waals surface area contributed by atoms with Crippen LogP contribution in [0.1, 0.15) is 35.2 Å². The maximum Gasteiger partial charge on any atom is 0.194 e. The van der Waals surface area contributed by atoms with E-state index in [4.69, 9.17) is 0 Å². The fourth-order valence-electron chi connectivity index (χ4n) is 2.50. The number of benzene rings is 2. The van der Waals surface area contributed by atoms with Gasteiger partial charge in [-0.1, -0.05) is 36.8 Å². The molecule has 2 aromatic rings. The molecule has 2 rings (SSSR count). The van der Waals surface area contributed by atoms with Gasteiger partial charge in [0, 0.05) is 5.56 Å². The zero-order chi connectivity index (χ0) is 15.6. The summed E-state index contributed by atoms with van der Waals surface area (Å²) in [6.07, 6.45) is 0. The van der Waals surface area contributed by atoms with E-state index in [0.29, 0.717) is 6.54 Å². The molecule has 0 fully saturated rings. The second-order valence-corrected chi connectivity index (χ2v) is 5.12. The van der Waals surface area contributed by atoms with Gasteiger partial charge in [-0.25, -0.2) is 13.2 Å². The molecule has 1 atom stereocenters. The first-order valence-electron chi connectivity index (χ1n) is 6.89. The standard InChI is InChI=1S/C17H18F3N/c1-4-21-17(12-6-5-10(2)9-11(12)3)13-7-8-14(18)16(20)15(13)19/h5-9,17,21H,4H2,1-3H3. The van der Waals surface area contributed by atoms with E-state index in [1.54, 1.807) is 0 Å². The molecule has 1 unspecified atom stereocenters. The molecule has 4 heteroatoms. The van der Waals surface area contributed by atoms with Crippen LogP contribution in [0.3, 0.4) is 0 Å². The molecule has 0 heterocycles. The van der Waals surface area contributed by atoms with E-state index in [9.17, 15) is 13.2 Å². The van der Waals surface area contributed by atoms with Crippen molar-refractivity contribution in [1.29, 1.82) is 0 Å². The van der Waals surface area contributed by atoms with Crippen molar-refractivity contribution >= 4 is 0 Å². The predicted octanol–water partition coefficient (Wildman–Crippen LogP) is 4.42. The molecule has 0 aliphatic heterocycles. The normalized spacial score (nSPS) is 12.5. The van der Waals surface area contributed by atoms with Crippen molar-refractivity contribution in [2.24, 2.45) is 0 Å². The monoisotopic (exact) mass is 293 g/mol. The van der Waals surface area contributed by atoms with Crippen molar-refractivity contribution < 1.29 is 13.2 Å². The van der Waals surface area contributed by atoms with Crippen molar-refractivity contribution in [3.05, 3.63) is 70.0 Å². The summed E-state index contributed by atoms with van der Waals surface area (Å²) < 4.78 is 40.7. The van der Waals surface area contributed by atoms with Gasteiger partial charge in [-0.15, -0.1) is 0 Å². The number of halogens is 3. The van der Waals surface area contributed by atoms with Crippen molar-refractivity contribution in [3.63, 3.8) is 0 Å². The summed E-state index contributed by atoms with van der Waals surface area (Å²) in [6, 6.07) is 7.54. The number of hydrogen-bond donors (Lipinski definition) is 1. The molecule has 0 bridgehead atoms. The van der Waals surface area contributed by atoms with Gasteiger partial charge in [0.15, 0.2) is 17.5 Å².